The Bertz CT molecular complexity index is 1050. The molecule has 0 bridgehead atoms. The van der Waals surface area contributed by atoms with Crippen molar-refractivity contribution in [2.45, 2.75) is 41.4 Å². The van der Waals surface area contributed by atoms with Gasteiger partial charge in [-0.25, -0.2) is 18.6 Å². The van der Waals surface area contributed by atoms with E-state index in [-0.39, 0.29) is 23.5 Å². The highest BCUT2D eigenvalue weighted by Gasteiger charge is 2.52. The number of hydrogen-bond donors (Lipinski definition) is 2. The van der Waals surface area contributed by atoms with Gasteiger partial charge in [0.2, 0.25) is 0 Å². The Morgan fingerprint density at radius 2 is 2.03 bits per heavy atom. The number of alkyl carbamates (subject to hydrolysis) is 1. The van der Waals surface area contributed by atoms with Crippen molar-refractivity contribution in [3.8, 4) is 0 Å². The highest BCUT2D eigenvalue weighted by molar-refractivity contribution is 7.93. The molecule has 1 aromatic carbocycles. The number of amides is 3. The summed E-state index contributed by atoms with van der Waals surface area (Å²) in [6.07, 6.45) is 1.84. The number of carbonyl (C=O) groups excluding carboxylic acids is 2. The number of halogens is 2. The summed E-state index contributed by atoms with van der Waals surface area (Å²) in [5.74, 6) is 0.255. The maximum atomic E-state index is 14.2. The monoisotopic (exact) mass is 482 g/mol. The van der Waals surface area contributed by atoms with Crippen molar-refractivity contribution in [1.82, 2.24) is 15.1 Å². The van der Waals surface area contributed by atoms with Gasteiger partial charge in [-0.05, 0) is 42.9 Å². The predicted octanol–water partition coefficient (Wildman–Crippen LogP) is 3.43. The number of allylic oxidation sites excluding steroid dienone is 1. The first-order chi connectivity index (χ1) is 15.6. The number of hydrogen-bond acceptors (Lipinski definition) is 5. The summed E-state index contributed by atoms with van der Waals surface area (Å²) in [6.45, 7) is 5.59. The second kappa shape index (κ2) is 8.58. The van der Waals surface area contributed by atoms with Gasteiger partial charge in [-0.1, -0.05) is 18.2 Å². The molecule has 1 spiro atoms. The van der Waals surface area contributed by atoms with E-state index in [1.807, 2.05) is 0 Å². The number of alkyl halides is 2. The van der Waals surface area contributed by atoms with Crippen LogP contribution in [0.3, 0.4) is 0 Å². The lowest BCUT2D eigenvalue weighted by Crippen LogP contribution is -2.71. The third kappa shape index (κ3) is 4.55. The molecule has 3 saturated heterocycles. The van der Waals surface area contributed by atoms with E-state index in [9.17, 15) is 22.6 Å². The van der Waals surface area contributed by atoms with Crippen molar-refractivity contribution in [3.05, 3.63) is 42.5 Å². The molecule has 3 heterocycles. The molecule has 0 radical (unpaired) electrons. The van der Waals surface area contributed by atoms with Gasteiger partial charge in [-0.15, -0.1) is 6.58 Å². The van der Waals surface area contributed by atoms with E-state index in [1.54, 1.807) is 21.9 Å². The molecule has 1 unspecified atom stereocenters. The number of nitrogens with zero attached hydrogens (tertiary/aromatic N) is 2. The van der Waals surface area contributed by atoms with E-state index in [0.717, 1.165) is 24.5 Å². The van der Waals surface area contributed by atoms with Crippen LogP contribution < -0.4 is 5.32 Å². The molecule has 4 rings (SSSR count). The molecule has 3 aliphatic heterocycles. The predicted molar refractivity (Wildman–Crippen MR) is 118 cm³/mol. The minimum absolute atomic E-state index is 0.0550. The highest BCUT2D eigenvalue weighted by atomic mass is 32.2. The van der Waals surface area contributed by atoms with E-state index >= 15 is 0 Å². The lowest BCUT2D eigenvalue weighted by molar-refractivity contribution is 0.0473. The zero-order valence-corrected chi connectivity index (χ0v) is 19.0. The Hall–Kier alpha value is -2.69. The maximum absolute atomic E-state index is 14.2. The van der Waals surface area contributed by atoms with E-state index in [1.165, 1.54) is 12.1 Å². The molecule has 33 heavy (non-hydrogen) atoms. The standard InChI is InChI=1S/C22H28F2N4O4S/c1-2-8-22(23,24)33(25,31)18-5-3-4-17(12-18)11-16-6-9-27(10-7-16)20(30)28-13-21(14-28)15-32-19(29)26-21/h2-5,12,16,25H,1,6-11,13-15H2,(H,26,29). The molecule has 0 aliphatic carbocycles. The molecule has 8 nitrogen and oxygen atoms in total. The molecule has 3 aliphatic rings. The first kappa shape index (κ1) is 23.5. The molecule has 1 aromatic rings. The Labute approximate surface area is 191 Å². The van der Waals surface area contributed by atoms with Gasteiger partial charge in [0.15, 0.2) is 0 Å². The Kier molecular flexibility index (Phi) is 6.10. The zero-order valence-electron chi connectivity index (χ0n) is 18.2. The average molecular weight is 483 g/mol. The number of nitrogens with one attached hydrogen (secondary N) is 2. The van der Waals surface area contributed by atoms with Crippen LogP contribution in [0.25, 0.3) is 0 Å². The summed E-state index contributed by atoms with van der Waals surface area (Å²) in [6, 6.07) is 6.06. The molecular weight excluding hydrogens is 454 g/mol. The van der Waals surface area contributed by atoms with Gasteiger partial charge in [0.1, 0.15) is 21.9 Å². The van der Waals surface area contributed by atoms with E-state index in [2.05, 4.69) is 11.9 Å². The molecular formula is C22H28F2N4O4S. The van der Waals surface area contributed by atoms with Gasteiger partial charge in [-0.2, -0.15) is 8.78 Å². The summed E-state index contributed by atoms with van der Waals surface area (Å²) in [5.41, 5.74) is 0.308. The maximum Gasteiger partial charge on any atom is 0.407 e. The Morgan fingerprint density at radius 3 is 2.64 bits per heavy atom. The van der Waals surface area contributed by atoms with Crippen molar-refractivity contribution in [2.24, 2.45) is 5.92 Å². The lowest BCUT2D eigenvalue weighted by atomic mass is 9.89. The molecule has 180 valence electrons. The van der Waals surface area contributed by atoms with Crippen LogP contribution >= 0.6 is 0 Å². The second-order valence-electron chi connectivity index (χ2n) is 9.09. The first-order valence-corrected chi connectivity index (χ1v) is 12.5. The number of ether oxygens (including phenoxy) is 1. The normalized spacial score (nSPS) is 22.3. The Morgan fingerprint density at radius 1 is 1.33 bits per heavy atom. The number of urea groups is 1. The third-order valence-corrected chi connectivity index (χ3v) is 8.47. The minimum atomic E-state index is -4.30. The molecule has 3 amide bonds. The fourth-order valence-corrected chi connectivity index (χ4v) is 5.94. The quantitative estimate of drug-likeness (QED) is 0.607. The van der Waals surface area contributed by atoms with Gasteiger partial charge in [-0.3, -0.25) is 0 Å². The van der Waals surface area contributed by atoms with Crippen molar-refractivity contribution in [1.29, 1.82) is 4.78 Å². The largest absolute Gasteiger partial charge is 0.447 e. The third-order valence-electron chi connectivity index (χ3n) is 6.55. The molecule has 2 N–H and O–H groups in total. The van der Waals surface area contributed by atoms with Crippen LogP contribution in [0.2, 0.25) is 0 Å². The van der Waals surface area contributed by atoms with Crippen LogP contribution in [-0.4, -0.2) is 69.7 Å². The Balaban J connectivity index is 1.31. The highest BCUT2D eigenvalue weighted by Crippen LogP contribution is 2.34. The SMILES string of the molecule is C=CCC(F)(F)S(=N)(=O)c1cccc(CC2CCN(C(=O)N3CC4(COC(=O)N4)C3)CC2)c1. The van der Waals surface area contributed by atoms with Crippen LogP contribution in [0.4, 0.5) is 18.4 Å². The topological polar surface area (TPSA) is 103 Å². The van der Waals surface area contributed by atoms with Gasteiger partial charge in [0.25, 0.3) is 0 Å². The van der Waals surface area contributed by atoms with Crippen LogP contribution in [0.15, 0.2) is 41.8 Å². The number of benzene rings is 1. The van der Waals surface area contributed by atoms with Crippen molar-refractivity contribution in [2.75, 3.05) is 32.8 Å². The van der Waals surface area contributed by atoms with Crippen LogP contribution in [-0.2, 0) is 20.9 Å². The van der Waals surface area contributed by atoms with Crippen molar-refractivity contribution in [3.63, 3.8) is 0 Å². The summed E-state index contributed by atoms with van der Waals surface area (Å²) in [7, 11) is -4.30. The van der Waals surface area contributed by atoms with Gasteiger partial charge < -0.3 is 19.9 Å². The van der Waals surface area contributed by atoms with Gasteiger partial charge >= 0.3 is 17.4 Å². The lowest BCUT2D eigenvalue weighted by Gasteiger charge is -2.48. The van der Waals surface area contributed by atoms with Crippen LogP contribution in [0, 0.1) is 10.7 Å². The molecule has 0 saturated carbocycles. The molecule has 3 fully saturated rings. The molecule has 1 atom stereocenters. The van der Waals surface area contributed by atoms with Gasteiger partial charge in [0, 0.05) is 19.5 Å². The average Bonchev–Trinajstić information content (AvgIpc) is 3.15. The second-order valence-corrected chi connectivity index (χ2v) is 11.3. The first-order valence-electron chi connectivity index (χ1n) is 10.9. The van der Waals surface area contributed by atoms with Crippen LogP contribution in [0.5, 0.6) is 0 Å². The summed E-state index contributed by atoms with van der Waals surface area (Å²) < 4.78 is 53.8. The number of likely N-dealkylation sites (tertiary alicyclic amines) is 2. The number of rotatable bonds is 6. The fourth-order valence-electron chi connectivity index (χ4n) is 4.65. The zero-order chi connectivity index (χ0) is 23.9. The molecule has 11 heteroatoms. The number of piperidine rings is 1. The number of carbonyl (C=O) groups is 2. The summed E-state index contributed by atoms with van der Waals surface area (Å²) in [4.78, 5) is 27.3. The smallest absolute Gasteiger partial charge is 0.407 e. The molecule has 0 aromatic heterocycles. The van der Waals surface area contributed by atoms with Crippen LogP contribution in [0.1, 0.15) is 24.8 Å². The van der Waals surface area contributed by atoms with E-state index in [4.69, 9.17) is 9.52 Å². The summed E-state index contributed by atoms with van der Waals surface area (Å²) in [5, 5.41) is -0.918. The van der Waals surface area contributed by atoms with Crippen molar-refractivity contribution >= 4 is 21.9 Å². The van der Waals surface area contributed by atoms with Crippen molar-refractivity contribution < 1.29 is 27.3 Å². The van der Waals surface area contributed by atoms with E-state index < -0.39 is 33.0 Å². The number of cyclic esters (lactones) is 1. The minimum Gasteiger partial charge on any atom is -0.447 e. The van der Waals surface area contributed by atoms with E-state index in [0.29, 0.717) is 32.6 Å². The van der Waals surface area contributed by atoms with Gasteiger partial charge in [0.05, 0.1) is 18.0 Å². The fraction of sp³-hybridized carbons (Fsp3) is 0.545. The summed E-state index contributed by atoms with van der Waals surface area (Å²) >= 11 is 0.